The van der Waals surface area contributed by atoms with Gasteiger partial charge in [-0.3, -0.25) is 0 Å². The van der Waals surface area contributed by atoms with Crippen molar-refractivity contribution in [3.8, 4) is 45.6 Å². The minimum Gasteiger partial charge on any atom is -0.512 e. The largest absolute Gasteiger partial charge is 2.00 e. The summed E-state index contributed by atoms with van der Waals surface area (Å²) in [7, 11) is 0. The SMILES string of the molecule is CCCC(O)=CC(=O)OCC.CCCC(O)=CC(=O)OCC.[Zr+2].c1ccc2c(c1)-c1nc-2nc2[n-]c(nc3nc(nc4[n-]c(n1)c1ccccc41)-c1ccccc1-3)c1ccccc21. The van der Waals surface area contributed by atoms with Crippen LogP contribution in [0, 0.1) is 0 Å². The number of ether oxygens (including phenoxy) is 2. The number of aromatic nitrogens is 8. The summed E-state index contributed by atoms with van der Waals surface area (Å²) in [5.74, 6) is 1.44. The molecule has 0 saturated carbocycles. The third-order valence-electron chi connectivity index (χ3n) is 9.48. The summed E-state index contributed by atoms with van der Waals surface area (Å²) in [6.07, 6.45) is 4.93. The number of carbonyl (C=O) groups is 2. The van der Waals surface area contributed by atoms with Crippen LogP contribution in [0.15, 0.2) is 121 Å². The van der Waals surface area contributed by atoms with E-state index in [-0.39, 0.29) is 37.7 Å². The molecule has 0 saturated heterocycles. The molecule has 0 amide bonds. The molecule has 63 heavy (non-hydrogen) atoms. The molecule has 0 unspecified atom stereocenters. The van der Waals surface area contributed by atoms with Crippen LogP contribution in [0.25, 0.3) is 89.7 Å². The Morgan fingerprint density at radius 2 is 0.746 bits per heavy atom. The average Bonchev–Trinajstić information content (AvgIpc) is 4.00. The summed E-state index contributed by atoms with van der Waals surface area (Å²) in [6.45, 7) is 7.99. The molecule has 7 aromatic rings. The number of rotatable bonds is 8. The van der Waals surface area contributed by atoms with Crippen LogP contribution >= 0.6 is 0 Å². The Morgan fingerprint density at radius 1 is 0.476 bits per heavy atom. The number of aliphatic hydroxyl groups excluding tert-OH is 2. The third kappa shape index (κ3) is 10.6. The van der Waals surface area contributed by atoms with Crippen molar-refractivity contribution in [2.75, 3.05) is 13.2 Å². The van der Waals surface area contributed by atoms with Gasteiger partial charge in [-0.15, -0.1) is 0 Å². The Kier molecular flexibility index (Phi) is 15.4. The number of allylic oxidation sites excluding steroid dienone is 2. The fraction of sp³-hybridized carbons (Fsp3) is 0.208. The monoisotopic (exact) mass is 918 g/mol. The van der Waals surface area contributed by atoms with E-state index in [0.29, 0.717) is 71.9 Å². The fourth-order valence-electron chi connectivity index (χ4n) is 6.76. The van der Waals surface area contributed by atoms with Crippen molar-refractivity contribution in [3.63, 3.8) is 0 Å². The van der Waals surface area contributed by atoms with E-state index in [1.165, 1.54) is 0 Å². The summed E-state index contributed by atoms with van der Waals surface area (Å²) < 4.78 is 9.17. The van der Waals surface area contributed by atoms with E-state index in [2.05, 4.69) is 9.47 Å². The molecular weight excluding hydrogens is 876 g/mol. The zero-order valence-electron chi connectivity index (χ0n) is 35.2. The van der Waals surface area contributed by atoms with E-state index < -0.39 is 11.9 Å². The molecule has 0 aliphatic carbocycles. The summed E-state index contributed by atoms with van der Waals surface area (Å²) in [5, 5.41) is 21.6. The van der Waals surface area contributed by atoms with Gasteiger partial charge >= 0.3 is 38.1 Å². The number of carbonyl (C=O) groups excluding carboxylic acids is 2. The third-order valence-corrected chi connectivity index (χ3v) is 9.48. The van der Waals surface area contributed by atoms with E-state index in [0.717, 1.165) is 68.8 Å². The van der Waals surface area contributed by atoms with Crippen molar-refractivity contribution in [1.29, 1.82) is 0 Å². The second kappa shape index (κ2) is 21.3. The molecule has 14 nitrogen and oxygen atoms in total. The summed E-state index contributed by atoms with van der Waals surface area (Å²) >= 11 is 0. The molecule has 8 bridgehead atoms. The zero-order valence-corrected chi connectivity index (χ0v) is 37.7. The summed E-state index contributed by atoms with van der Waals surface area (Å²) in [4.78, 5) is 60.6. The van der Waals surface area contributed by atoms with Gasteiger partial charge < -0.3 is 49.6 Å². The molecule has 4 aromatic carbocycles. The van der Waals surface area contributed by atoms with Crippen molar-refractivity contribution >= 4 is 56.1 Å². The zero-order chi connectivity index (χ0) is 43.6. The van der Waals surface area contributed by atoms with Crippen LogP contribution in [0.4, 0.5) is 0 Å². The van der Waals surface area contributed by atoms with Gasteiger partial charge in [-0.05, 0) is 48.2 Å². The van der Waals surface area contributed by atoms with Gasteiger partial charge in [-0.25, -0.2) is 19.6 Å². The first kappa shape index (κ1) is 45.7. The predicted molar refractivity (Wildman–Crippen MR) is 238 cm³/mol. The van der Waals surface area contributed by atoms with Crippen molar-refractivity contribution in [1.82, 2.24) is 39.9 Å². The summed E-state index contributed by atoms with van der Waals surface area (Å²) in [5.41, 5.74) is 5.78. The number of benzene rings is 4. The molecule has 2 N–H and O–H groups in total. The quantitative estimate of drug-likeness (QED) is 0.0829. The maximum Gasteiger partial charge on any atom is 2.00 e. The van der Waals surface area contributed by atoms with E-state index in [4.69, 9.17) is 50.1 Å². The van der Waals surface area contributed by atoms with Gasteiger partial charge in [0.15, 0.2) is 0 Å². The molecule has 316 valence electrons. The van der Waals surface area contributed by atoms with Crippen LogP contribution in [0.2, 0.25) is 0 Å². The van der Waals surface area contributed by atoms with Crippen LogP contribution in [0.5, 0.6) is 0 Å². The predicted octanol–water partition coefficient (Wildman–Crippen LogP) is 9.71. The molecule has 2 aliphatic rings. The van der Waals surface area contributed by atoms with E-state index >= 15 is 0 Å². The molecule has 5 heterocycles. The Labute approximate surface area is 382 Å². The van der Waals surface area contributed by atoms with Gasteiger partial charge in [0.05, 0.1) is 60.2 Å². The van der Waals surface area contributed by atoms with Crippen molar-refractivity contribution in [2.45, 2.75) is 53.4 Å². The van der Waals surface area contributed by atoms with Gasteiger partial charge in [0.25, 0.3) is 0 Å². The first-order chi connectivity index (χ1) is 30.2. The van der Waals surface area contributed by atoms with Gasteiger partial charge in [0.2, 0.25) is 0 Å². The molecular formula is C48H44N8O6Zr. The number of fused-ring (bicyclic) bond motifs is 20. The van der Waals surface area contributed by atoms with Crippen molar-refractivity contribution in [2.24, 2.45) is 0 Å². The minimum absolute atomic E-state index is 0. The van der Waals surface area contributed by atoms with E-state index in [1.807, 2.05) is 111 Å². The average molecular weight is 920 g/mol. The van der Waals surface area contributed by atoms with E-state index in [9.17, 15) is 9.59 Å². The molecule has 0 atom stereocenters. The molecule has 0 fully saturated rings. The maximum atomic E-state index is 10.7. The Bertz CT molecular complexity index is 2660. The van der Waals surface area contributed by atoms with Gasteiger partial charge in [0.1, 0.15) is 0 Å². The Morgan fingerprint density at radius 3 is 1.00 bits per heavy atom. The first-order valence-electron chi connectivity index (χ1n) is 20.4. The molecule has 3 aromatic heterocycles. The minimum atomic E-state index is -0.474. The standard InChI is InChI=1S/C32H16N8.2C8H14O3.Zr/c1-2-10-18-17(9-1)25-33-26(18)38-28-21-13-5-6-14-22(21)30(35-28)40-32-24-16-8-7-15-23(24)31(36-32)39-29-20-12-4-3-11-19(20)27(34-29)37-25;2*1-3-5-7(9)6-8(10)11-4-2;/h1-16H;2*6,9H,3-5H2,1-2H3;/q-2;;;+2. The van der Waals surface area contributed by atoms with Crippen LogP contribution in [0.1, 0.15) is 53.4 Å². The fourth-order valence-corrected chi connectivity index (χ4v) is 6.76. The number of nitrogens with zero attached hydrogens (tertiary/aromatic N) is 8. The smallest absolute Gasteiger partial charge is 0.512 e. The van der Waals surface area contributed by atoms with Crippen LogP contribution in [-0.2, 0) is 45.3 Å². The van der Waals surface area contributed by atoms with Gasteiger partial charge in [0, 0.05) is 57.7 Å². The molecule has 0 spiro atoms. The van der Waals surface area contributed by atoms with Crippen LogP contribution < -0.4 is 9.97 Å². The number of hydrogen-bond acceptors (Lipinski definition) is 12. The van der Waals surface area contributed by atoms with Crippen molar-refractivity contribution in [3.05, 3.63) is 121 Å². The number of aliphatic hydroxyl groups is 2. The second-order valence-corrected chi connectivity index (χ2v) is 13.9. The Hall–Kier alpha value is -6.86. The van der Waals surface area contributed by atoms with Crippen LogP contribution in [0.3, 0.4) is 0 Å². The first-order valence-corrected chi connectivity index (χ1v) is 20.4. The number of esters is 2. The van der Waals surface area contributed by atoms with Crippen molar-refractivity contribution < 1.29 is 55.5 Å². The van der Waals surface area contributed by atoms with Gasteiger partial charge in [-0.2, -0.15) is 0 Å². The van der Waals surface area contributed by atoms with Crippen LogP contribution in [-0.4, -0.2) is 65.3 Å². The molecule has 2 aliphatic heterocycles. The Balaban J connectivity index is 0.000000240. The summed E-state index contributed by atoms with van der Waals surface area (Å²) in [6, 6.07) is 31.8. The normalized spacial score (nSPS) is 11.6. The van der Waals surface area contributed by atoms with E-state index in [1.54, 1.807) is 13.8 Å². The number of hydrogen-bond donors (Lipinski definition) is 2. The molecule has 9 rings (SSSR count). The maximum absolute atomic E-state index is 10.7. The molecule has 15 heteroatoms. The second-order valence-electron chi connectivity index (χ2n) is 13.9. The topological polar surface area (TPSA) is 199 Å². The van der Waals surface area contributed by atoms with Gasteiger partial charge in [-0.1, -0.05) is 111 Å². The molecule has 0 radical (unpaired) electrons.